The Kier molecular flexibility index (Phi) is 3.96. The number of fused-ring (bicyclic) bond motifs is 2. The van der Waals surface area contributed by atoms with E-state index in [0.29, 0.717) is 12.1 Å². The Hall–Kier alpha value is -3.14. The first-order valence-electron chi connectivity index (χ1n) is 8.76. The molecule has 1 aliphatic heterocycles. The van der Waals surface area contributed by atoms with Crippen LogP contribution >= 0.6 is 0 Å². The van der Waals surface area contributed by atoms with Crippen molar-refractivity contribution in [2.45, 2.75) is 19.9 Å². The van der Waals surface area contributed by atoms with Crippen molar-refractivity contribution in [3.05, 3.63) is 72.3 Å². The molecule has 1 atom stereocenters. The first-order chi connectivity index (χ1) is 12.6. The highest BCUT2D eigenvalue weighted by Crippen LogP contribution is 2.36. The first-order valence-corrected chi connectivity index (χ1v) is 8.76. The van der Waals surface area contributed by atoms with E-state index < -0.39 is 0 Å². The molecule has 0 spiro atoms. The van der Waals surface area contributed by atoms with Crippen LogP contribution in [0, 0.1) is 0 Å². The van der Waals surface area contributed by atoms with Crippen LogP contribution in [-0.4, -0.2) is 24.4 Å². The van der Waals surface area contributed by atoms with E-state index in [1.165, 1.54) is 0 Å². The van der Waals surface area contributed by atoms with Crippen molar-refractivity contribution in [2.24, 2.45) is 0 Å². The molecule has 1 aliphatic rings. The quantitative estimate of drug-likeness (QED) is 0.662. The molecule has 0 saturated carbocycles. The molecule has 130 valence electrons. The predicted molar refractivity (Wildman–Crippen MR) is 105 cm³/mol. The third kappa shape index (κ3) is 2.54. The Morgan fingerprint density at radius 1 is 0.885 bits per heavy atom. The lowest BCUT2D eigenvalue weighted by atomic mass is 10.0. The summed E-state index contributed by atoms with van der Waals surface area (Å²) < 4.78 is 0. The average Bonchev–Trinajstić information content (AvgIpc) is 2.66. The van der Waals surface area contributed by atoms with Gasteiger partial charge in [-0.3, -0.25) is 9.59 Å². The summed E-state index contributed by atoms with van der Waals surface area (Å²) >= 11 is 0. The summed E-state index contributed by atoms with van der Waals surface area (Å²) in [6.07, 6.45) is 0. The zero-order valence-corrected chi connectivity index (χ0v) is 14.8. The van der Waals surface area contributed by atoms with Crippen molar-refractivity contribution in [3.63, 3.8) is 0 Å². The summed E-state index contributed by atoms with van der Waals surface area (Å²) in [6.45, 7) is 4.01. The lowest BCUT2D eigenvalue weighted by Gasteiger charge is -2.40. The van der Waals surface area contributed by atoms with Crippen LogP contribution in [0.15, 0.2) is 66.7 Å². The summed E-state index contributed by atoms with van der Waals surface area (Å²) in [6, 6.07) is 21.2. The summed E-state index contributed by atoms with van der Waals surface area (Å²) in [5, 5.41) is 1.99. The number of amides is 2. The molecule has 1 heterocycles. The maximum atomic E-state index is 13.4. The van der Waals surface area contributed by atoms with Gasteiger partial charge in [0, 0.05) is 19.0 Å². The lowest BCUT2D eigenvalue weighted by Crippen LogP contribution is -2.51. The van der Waals surface area contributed by atoms with Crippen LogP contribution in [0.5, 0.6) is 0 Å². The number of rotatable bonds is 1. The first kappa shape index (κ1) is 16.3. The van der Waals surface area contributed by atoms with Crippen molar-refractivity contribution >= 4 is 34.0 Å². The summed E-state index contributed by atoms with van der Waals surface area (Å²) in [5.41, 5.74) is 2.24. The van der Waals surface area contributed by atoms with Gasteiger partial charge in [-0.1, -0.05) is 48.5 Å². The van der Waals surface area contributed by atoms with Crippen LogP contribution in [0.25, 0.3) is 10.8 Å². The van der Waals surface area contributed by atoms with E-state index in [-0.39, 0.29) is 17.9 Å². The number of carbonyl (C=O) groups is 2. The second-order valence-corrected chi connectivity index (χ2v) is 6.67. The van der Waals surface area contributed by atoms with E-state index in [9.17, 15) is 9.59 Å². The Morgan fingerprint density at radius 2 is 1.54 bits per heavy atom. The molecular weight excluding hydrogens is 324 g/mol. The van der Waals surface area contributed by atoms with Crippen molar-refractivity contribution < 1.29 is 9.59 Å². The third-order valence-corrected chi connectivity index (χ3v) is 4.92. The fraction of sp³-hybridized carbons (Fsp3) is 0.182. The van der Waals surface area contributed by atoms with Gasteiger partial charge in [0.15, 0.2) is 0 Å². The third-order valence-electron chi connectivity index (χ3n) is 4.92. The van der Waals surface area contributed by atoms with E-state index in [1.54, 1.807) is 16.7 Å². The number of nitrogens with zero attached hydrogens (tertiary/aromatic N) is 2. The van der Waals surface area contributed by atoms with Gasteiger partial charge >= 0.3 is 0 Å². The molecule has 4 nitrogen and oxygen atoms in total. The Balaban J connectivity index is 1.83. The molecule has 0 saturated heterocycles. The zero-order valence-electron chi connectivity index (χ0n) is 14.8. The molecular formula is C22H20N2O2. The Morgan fingerprint density at radius 3 is 2.31 bits per heavy atom. The molecule has 0 radical (unpaired) electrons. The molecule has 0 aromatic heterocycles. The largest absolute Gasteiger partial charge is 0.306 e. The number of hydrogen-bond donors (Lipinski definition) is 0. The van der Waals surface area contributed by atoms with Crippen LogP contribution in [0.3, 0.4) is 0 Å². The van der Waals surface area contributed by atoms with Crippen molar-refractivity contribution in [1.29, 1.82) is 0 Å². The Bertz CT molecular complexity index is 1010. The fourth-order valence-electron chi connectivity index (χ4n) is 3.81. The topological polar surface area (TPSA) is 40.6 Å². The smallest absolute Gasteiger partial charge is 0.259 e. The molecule has 3 aromatic carbocycles. The second-order valence-electron chi connectivity index (χ2n) is 6.67. The molecule has 0 bridgehead atoms. The van der Waals surface area contributed by atoms with Crippen LogP contribution in [0.4, 0.5) is 11.4 Å². The molecule has 0 fully saturated rings. The zero-order chi connectivity index (χ0) is 18.3. The van der Waals surface area contributed by atoms with Crippen LogP contribution in [-0.2, 0) is 4.79 Å². The van der Waals surface area contributed by atoms with Gasteiger partial charge in [-0.05, 0) is 35.9 Å². The van der Waals surface area contributed by atoms with E-state index in [2.05, 4.69) is 0 Å². The minimum atomic E-state index is -0.0821. The highest BCUT2D eigenvalue weighted by atomic mass is 16.2. The molecule has 3 aromatic rings. The molecule has 0 aliphatic carbocycles. The molecule has 2 amide bonds. The van der Waals surface area contributed by atoms with Gasteiger partial charge in [0.05, 0.1) is 17.4 Å². The van der Waals surface area contributed by atoms with E-state index in [4.69, 9.17) is 0 Å². The summed E-state index contributed by atoms with van der Waals surface area (Å²) in [7, 11) is 0. The van der Waals surface area contributed by atoms with Crippen molar-refractivity contribution in [3.8, 4) is 0 Å². The predicted octanol–water partition coefficient (Wildman–Crippen LogP) is 4.24. The molecule has 0 N–H and O–H groups in total. The average molecular weight is 344 g/mol. The molecule has 0 unspecified atom stereocenters. The van der Waals surface area contributed by atoms with Gasteiger partial charge in [-0.2, -0.15) is 0 Å². The van der Waals surface area contributed by atoms with Gasteiger partial charge in [-0.15, -0.1) is 0 Å². The number of hydrogen-bond acceptors (Lipinski definition) is 2. The monoisotopic (exact) mass is 344 g/mol. The maximum Gasteiger partial charge on any atom is 0.259 e. The van der Waals surface area contributed by atoms with Crippen LogP contribution in [0.1, 0.15) is 24.2 Å². The van der Waals surface area contributed by atoms with Crippen molar-refractivity contribution in [1.82, 2.24) is 0 Å². The van der Waals surface area contributed by atoms with Crippen LogP contribution in [0.2, 0.25) is 0 Å². The molecule has 4 heteroatoms. The number of para-hydroxylation sites is 2. The highest BCUT2D eigenvalue weighted by molar-refractivity contribution is 6.16. The van der Waals surface area contributed by atoms with E-state index in [1.807, 2.05) is 73.7 Å². The van der Waals surface area contributed by atoms with Gasteiger partial charge in [0.1, 0.15) is 0 Å². The van der Waals surface area contributed by atoms with Crippen molar-refractivity contribution in [2.75, 3.05) is 16.3 Å². The summed E-state index contributed by atoms with van der Waals surface area (Å²) in [5.74, 6) is -0.0495. The lowest BCUT2D eigenvalue weighted by molar-refractivity contribution is -0.117. The standard InChI is InChI=1S/C22H20N2O2/c1-15-14-23(20-12-5-6-13-21(20)24(15)16(2)25)22(26)19-11-7-9-17-8-3-4-10-18(17)19/h3-13,15H,14H2,1-2H3/t15-/m0/s1. The minimum Gasteiger partial charge on any atom is -0.306 e. The highest BCUT2D eigenvalue weighted by Gasteiger charge is 2.33. The molecule has 4 rings (SSSR count). The SMILES string of the molecule is CC(=O)N1c2ccccc2N(C(=O)c2cccc3ccccc23)C[C@@H]1C. The maximum absolute atomic E-state index is 13.4. The van der Waals surface area contributed by atoms with Gasteiger partial charge in [0.25, 0.3) is 5.91 Å². The van der Waals surface area contributed by atoms with E-state index in [0.717, 1.165) is 22.1 Å². The minimum absolute atomic E-state index is 0.0118. The second kappa shape index (κ2) is 6.30. The Labute approximate surface area is 152 Å². The van der Waals surface area contributed by atoms with Gasteiger partial charge in [-0.25, -0.2) is 0 Å². The van der Waals surface area contributed by atoms with Gasteiger partial charge < -0.3 is 9.80 Å². The molecule has 26 heavy (non-hydrogen) atoms. The van der Waals surface area contributed by atoms with Crippen LogP contribution < -0.4 is 9.80 Å². The number of anilines is 2. The summed E-state index contributed by atoms with van der Waals surface area (Å²) in [4.78, 5) is 29.1. The normalized spacial score (nSPS) is 16.5. The van der Waals surface area contributed by atoms with E-state index >= 15 is 0 Å². The van der Waals surface area contributed by atoms with Gasteiger partial charge in [0.2, 0.25) is 5.91 Å². The number of carbonyl (C=O) groups excluding carboxylic acids is 2. The fourth-order valence-corrected chi connectivity index (χ4v) is 3.81. The number of benzene rings is 3.